The Morgan fingerprint density at radius 3 is 2.61 bits per heavy atom. The number of anilines is 2. The number of hydrogen-bond acceptors (Lipinski definition) is 6. The molecule has 1 unspecified atom stereocenters. The van der Waals surface area contributed by atoms with Crippen LogP contribution in [0.1, 0.15) is 19.4 Å². The van der Waals surface area contributed by atoms with Crippen molar-refractivity contribution in [1.29, 1.82) is 0 Å². The number of morpholine rings is 1. The van der Waals surface area contributed by atoms with Gasteiger partial charge in [0.15, 0.2) is 12.7 Å². The van der Waals surface area contributed by atoms with E-state index in [2.05, 4.69) is 17.1 Å². The molecule has 0 spiro atoms. The van der Waals surface area contributed by atoms with Gasteiger partial charge >= 0.3 is 0 Å². The van der Waals surface area contributed by atoms with Crippen molar-refractivity contribution in [2.24, 2.45) is 0 Å². The Labute approximate surface area is 194 Å². The SMILES string of the molecule is CCc1ccc(OCC(=O)Nc2ccc3c(c2)N(CCN2CCOCC2)C(=O)C(C)O3)cc1. The minimum absolute atomic E-state index is 0.0851. The van der Waals surface area contributed by atoms with Crippen LogP contribution in [0, 0.1) is 0 Å². The molecule has 2 aliphatic heterocycles. The lowest BCUT2D eigenvalue weighted by molar-refractivity contribution is -0.125. The second-order valence-electron chi connectivity index (χ2n) is 8.22. The molecule has 33 heavy (non-hydrogen) atoms. The summed E-state index contributed by atoms with van der Waals surface area (Å²) in [5.74, 6) is 0.924. The number of nitrogens with one attached hydrogen (secondary N) is 1. The first-order valence-electron chi connectivity index (χ1n) is 11.5. The van der Waals surface area contributed by atoms with Gasteiger partial charge in [0.05, 0.1) is 18.9 Å². The van der Waals surface area contributed by atoms with E-state index in [0.717, 1.165) is 26.1 Å². The van der Waals surface area contributed by atoms with Crippen molar-refractivity contribution in [3.63, 3.8) is 0 Å². The Kier molecular flexibility index (Phi) is 7.47. The highest BCUT2D eigenvalue weighted by molar-refractivity contribution is 6.01. The topological polar surface area (TPSA) is 80.3 Å². The van der Waals surface area contributed by atoms with Crippen molar-refractivity contribution >= 4 is 23.2 Å². The number of benzene rings is 2. The number of carbonyl (C=O) groups is 2. The molecule has 1 atom stereocenters. The third-order valence-corrected chi connectivity index (χ3v) is 5.90. The molecule has 8 nitrogen and oxygen atoms in total. The van der Waals surface area contributed by atoms with Crippen LogP contribution in [0.2, 0.25) is 0 Å². The fraction of sp³-hybridized carbons (Fsp3) is 0.440. The fourth-order valence-corrected chi connectivity index (χ4v) is 3.95. The number of amides is 2. The Morgan fingerprint density at radius 1 is 1.12 bits per heavy atom. The average molecular weight is 454 g/mol. The Hall–Kier alpha value is -3.10. The van der Waals surface area contributed by atoms with Gasteiger partial charge < -0.3 is 24.4 Å². The van der Waals surface area contributed by atoms with Gasteiger partial charge in [-0.1, -0.05) is 19.1 Å². The number of nitrogens with zero attached hydrogens (tertiary/aromatic N) is 2. The summed E-state index contributed by atoms with van der Waals surface area (Å²) in [6.45, 7) is 8.19. The van der Waals surface area contributed by atoms with Crippen LogP contribution in [0.3, 0.4) is 0 Å². The van der Waals surface area contributed by atoms with Gasteiger partial charge in [0, 0.05) is 31.9 Å². The lowest BCUT2D eigenvalue weighted by Gasteiger charge is -2.35. The van der Waals surface area contributed by atoms with Gasteiger partial charge in [-0.05, 0) is 49.2 Å². The summed E-state index contributed by atoms with van der Waals surface area (Å²) in [4.78, 5) is 29.3. The molecule has 1 fully saturated rings. The minimum Gasteiger partial charge on any atom is -0.484 e. The number of fused-ring (bicyclic) bond motifs is 1. The minimum atomic E-state index is -0.546. The average Bonchev–Trinajstić information content (AvgIpc) is 2.84. The van der Waals surface area contributed by atoms with E-state index in [-0.39, 0.29) is 18.4 Å². The van der Waals surface area contributed by atoms with Crippen LogP contribution in [0.5, 0.6) is 11.5 Å². The van der Waals surface area contributed by atoms with Crippen LogP contribution in [-0.2, 0) is 20.7 Å². The van der Waals surface area contributed by atoms with E-state index in [1.54, 1.807) is 30.0 Å². The summed E-state index contributed by atoms with van der Waals surface area (Å²) in [7, 11) is 0. The molecule has 0 radical (unpaired) electrons. The van der Waals surface area contributed by atoms with E-state index < -0.39 is 6.10 Å². The summed E-state index contributed by atoms with van der Waals surface area (Å²) >= 11 is 0. The molecular weight excluding hydrogens is 422 g/mol. The van der Waals surface area contributed by atoms with Crippen LogP contribution < -0.4 is 19.7 Å². The molecule has 0 bridgehead atoms. The van der Waals surface area contributed by atoms with Gasteiger partial charge in [-0.3, -0.25) is 14.5 Å². The first kappa shape index (κ1) is 23.1. The monoisotopic (exact) mass is 453 g/mol. The molecule has 2 aromatic carbocycles. The van der Waals surface area contributed by atoms with Crippen molar-refractivity contribution in [3.8, 4) is 11.5 Å². The Morgan fingerprint density at radius 2 is 1.88 bits per heavy atom. The number of hydrogen-bond donors (Lipinski definition) is 1. The molecule has 2 amide bonds. The molecule has 4 rings (SSSR count). The predicted octanol–water partition coefficient (Wildman–Crippen LogP) is 2.71. The highest BCUT2D eigenvalue weighted by Crippen LogP contribution is 2.36. The highest BCUT2D eigenvalue weighted by atomic mass is 16.5. The maximum atomic E-state index is 12.8. The van der Waals surface area contributed by atoms with E-state index in [1.165, 1.54) is 5.56 Å². The predicted molar refractivity (Wildman–Crippen MR) is 126 cm³/mol. The summed E-state index contributed by atoms with van der Waals surface area (Å²) in [5.41, 5.74) is 2.47. The van der Waals surface area contributed by atoms with Crippen LogP contribution in [0.4, 0.5) is 11.4 Å². The van der Waals surface area contributed by atoms with Crippen molar-refractivity contribution < 1.29 is 23.8 Å². The fourth-order valence-electron chi connectivity index (χ4n) is 3.95. The summed E-state index contributed by atoms with van der Waals surface area (Å²) in [5, 5.41) is 2.85. The van der Waals surface area contributed by atoms with Gasteiger partial charge in [-0.25, -0.2) is 0 Å². The van der Waals surface area contributed by atoms with Gasteiger partial charge in [0.2, 0.25) is 0 Å². The summed E-state index contributed by atoms with van der Waals surface area (Å²) in [6.07, 6.45) is 0.406. The lowest BCUT2D eigenvalue weighted by Crippen LogP contribution is -2.48. The van der Waals surface area contributed by atoms with Crippen LogP contribution in [0.15, 0.2) is 42.5 Å². The van der Waals surface area contributed by atoms with Crippen LogP contribution in [-0.4, -0.2) is 68.8 Å². The zero-order valence-corrected chi connectivity index (χ0v) is 19.2. The summed E-state index contributed by atoms with van der Waals surface area (Å²) in [6, 6.07) is 13.0. The van der Waals surface area contributed by atoms with Crippen molar-refractivity contribution in [3.05, 3.63) is 48.0 Å². The van der Waals surface area contributed by atoms with Crippen molar-refractivity contribution in [1.82, 2.24) is 4.90 Å². The molecule has 0 saturated carbocycles. The van der Waals surface area contributed by atoms with Gasteiger partial charge in [0.25, 0.3) is 11.8 Å². The number of aryl methyl sites for hydroxylation is 1. The number of carbonyl (C=O) groups excluding carboxylic acids is 2. The number of ether oxygens (including phenoxy) is 3. The van der Waals surface area contributed by atoms with Crippen molar-refractivity contribution in [2.75, 3.05) is 56.2 Å². The summed E-state index contributed by atoms with van der Waals surface area (Å²) < 4.78 is 16.8. The maximum absolute atomic E-state index is 12.8. The highest BCUT2D eigenvalue weighted by Gasteiger charge is 2.32. The molecule has 1 N–H and O–H groups in total. The molecule has 2 heterocycles. The molecule has 8 heteroatoms. The van der Waals surface area contributed by atoms with Gasteiger partial charge in [-0.15, -0.1) is 0 Å². The number of rotatable bonds is 8. The van der Waals surface area contributed by atoms with E-state index >= 15 is 0 Å². The van der Waals surface area contributed by atoms with E-state index in [9.17, 15) is 9.59 Å². The van der Waals surface area contributed by atoms with E-state index in [0.29, 0.717) is 42.6 Å². The first-order valence-corrected chi connectivity index (χ1v) is 11.5. The zero-order valence-electron chi connectivity index (χ0n) is 19.2. The molecule has 1 saturated heterocycles. The molecule has 2 aliphatic rings. The molecule has 176 valence electrons. The Bertz CT molecular complexity index is 973. The zero-order chi connectivity index (χ0) is 23.2. The standard InChI is InChI=1S/C25H31N3O5/c1-3-19-4-7-21(8-5-19)32-17-24(29)26-20-6-9-23-22(16-20)28(25(30)18(2)33-23)11-10-27-12-14-31-15-13-27/h4-9,16,18H,3,10-15,17H2,1-2H3,(H,26,29). The third-order valence-electron chi connectivity index (χ3n) is 5.90. The second kappa shape index (κ2) is 10.7. The molecular formula is C25H31N3O5. The second-order valence-corrected chi connectivity index (χ2v) is 8.22. The normalized spacial score (nSPS) is 18.4. The largest absolute Gasteiger partial charge is 0.484 e. The van der Waals surface area contributed by atoms with Crippen LogP contribution >= 0.6 is 0 Å². The van der Waals surface area contributed by atoms with Gasteiger partial charge in [0.1, 0.15) is 11.5 Å². The first-order chi connectivity index (χ1) is 16.0. The molecule has 0 aliphatic carbocycles. The maximum Gasteiger partial charge on any atom is 0.267 e. The smallest absolute Gasteiger partial charge is 0.267 e. The van der Waals surface area contributed by atoms with Crippen LogP contribution in [0.25, 0.3) is 0 Å². The molecule has 0 aromatic heterocycles. The third kappa shape index (κ3) is 5.83. The van der Waals surface area contributed by atoms with Crippen molar-refractivity contribution in [2.45, 2.75) is 26.4 Å². The quantitative estimate of drug-likeness (QED) is 0.662. The van der Waals surface area contributed by atoms with E-state index in [4.69, 9.17) is 14.2 Å². The molecule has 2 aromatic rings. The van der Waals surface area contributed by atoms with Gasteiger partial charge in [-0.2, -0.15) is 0 Å². The lowest BCUT2D eigenvalue weighted by atomic mass is 10.1. The van der Waals surface area contributed by atoms with E-state index in [1.807, 2.05) is 24.3 Å². The Balaban J connectivity index is 1.39.